The summed E-state index contributed by atoms with van der Waals surface area (Å²) in [7, 11) is 1.74. The quantitative estimate of drug-likeness (QED) is 0.591. The molecule has 0 amide bonds. The highest BCUT2D eigenvalue weighted by atomic mass is 35.5. The van der Waals surface area contributed by atoms with Gasteiger partial charge in [0, 0.05) is 43.6 Å². The Hall–Kier alpha value is 0.0900. The number of hydrogen-bond acceptors (Lipinski definition) is 5. The molecule has 0 aromatic carbocycles. The number of methoxy groups -OCH3 is 1. The molecule has 0 aromatic rings. The van der Waals surface area contributed by atoms with Crippen molar-refractivity contribution in [2.75, 3.05) is 33.5 Å². The van der Waals surface area contributed by atoms with Crippen molar-refractivity contribution in [3.05, 3.63) is 0 Å². The molecule has 2 aliphatic heterocycles. The van der Waals surface area contributed by atoms with E-state index in [1.807, 2.05) is 0 Å². The Bertz CT molecular complexity index is 357. The van der Waals surface area contributed by atoms with Crippen LogP contribution in [0.5, 0.6) is 0 Å². The summed E-state index contributed by atoms with van der Waals surface area (Å²) >= 11 is 6.42. The van der Waals surface area contributed by atoms with E-state index in [9.17, 15) is 5.11 Å². The minimum absolute atomic E-state index is 0.233. The molecule has 3 N–H and O–H groups in total. The second kappa shape index (κ2) is 5.71. The molecule has 5 nitrogen and oxygen atoms in total. The molecule has 1 saturated carbocycles. The largest absolute Gasteiger partial charge is 0.369 e. The smallest absolute Gasteiger partial charge is 0.160 e. The standard InChI is InChI=1S/C14H26ClN3O2/c1-20-9-17-5-4-14(7-17)8-18(13(16)19)12-3-2-10(15)6-11(12)14/h10-13,19H,2-9,16H2,1H3. The number of hydrogen-bond donors (Lipinski definition) is 2. The SMILES string of the molecule is COCN1CCC2(C1)CN(C(N)O)C1CCC(Cl)CC12. The van der Waals surface area contributed by atoms with Crippen LogP contribution in [0.3, 0.4) is 0 Å². The van der Waals surface area contributed by atoms with E-state index in [1.54, 1.807) is 7.11 Å². The molecule has 5 atom stereocenters. The first-order valence-electron chi connectivity index (χ1n) is 7.60. The van der Waals surface area contributed by atoms with Crippen LogP contribution in [0.4, 0.5) is 0 Å². The van der Waals surface area contributed by atoms with Crippen LogP contribution < -0.4 is 5.73 Å². The summed E-state index contributed by atoms with van der Waals surface area (Å²) in [5, 5.41) is 10.2. The van der Waals surface area contributed by atoms with Crippen molar-refractivity contribution < 1.29 is 9.84 Å². The Kier molecular flexibility index (Phi) is 4.28. The van der Waals surface area contributed by atoms with Gasteiger partial charge in [-0.05, 0) is 31.6 Å². The monoisotopic (exact) mass is 303 g/mol. The van der Waals surface area contributed by atoms with Crippen LogP contribution >= 0.6 is 11.6 Å². The van der Waals surface area contributed by atoms with Crippen molar-refractivity contribution in [2.45, 2.75) is 43.5 Å². The third-order valence-electron chi connectivity index (χ3n) is 5.58. The predicted octanol–water partition coefficient (Wildman–Crippen LogP) is 0.609. The zero-order chi connectivity index (χ0) is 14.3. The highest BCUT2D eigenvalue weighted by Gasteiger charge is 2.57. The second-order valence-corrected chi connectivity index (χ2v) is 7.37. The Morgan fingerprint density at radius 2 is 2.25 bits per heavy atom. The highest BCUT2D eigenvalue weighted by molar-refractivity contribution is 6.20. The average molecular weight is 304 g/mol. The van der Waals surface area contributed by atoms with Gasteiger partial charge in [-0.25, -0.2) is 0 Å². The number of nitrogens with zero attached hydrogens (tertiary/aromatic N) is 2. The third-order valence-corrected chi connectivity index (χ3v) is 5.97. The molecule has 6 heteroatoms. The predicted molar refractivity (Wildman–Crippen MR) is 78.2 cm³/mol. The van der Waals surface area contributed by atoms with Crippen LogP contribution in [0.25, 0.3) is 0 Å². The number of aliphatic hydroxyl groups is 1. The zero-order valence-electron chi connectivity index (χ0n) is 12.2. The molecule has 0 aromatic heterocycles. The van der Waals surface area contributed by atoms with E-state index in [2.05, 4.69) is 9.80 Å². The Morgan fingerprint density at radius 3 is 2.95 bits per heavy atom. The Morgan fingerprint density at radius 1 is 1.45 bits per heavy atom. The number of rotatable bonds is 3. The molecule has 2 saturated heterocycles. The van der Waals surface area contributed by atoms with Crippen molar-refractivity contribution in [3.63, 3.8) is 0 Å². The molecule has 116 valence electrons. The molecule has 3 rings (SSSR count). The van der Waals surface area contributed by atoms with Gasteiger partial charge in [0.1, 0.15) is 0 Å². The van der Waals surface area contributed by atoms with E-state index in [0.717, 1.165) is 45.3 Å². The molecule has 2 heterocycles. The molecule has 3 aliphatic rings. The van der Waals surface area contributed by atoms with Crippen molar-refractivity contribution in [1.29, 1.82) is 0 Å². The highest BCUT2D eigenvalue weighted by Crippen LogP contribution is 2.52. The molecule has 20 heavy (non-hydrogen) atoms. The first-order valence-corrected chi connectivity index (χ1v) is 8.04. The van der Waals surface area contributed by atoms with Crippen molar-refractivity contribution in [3.8, 4) is 0 Å². The summed E-state index contributed by atoms with van der Waals surface area (Å²) in [5.74, 6) is 0.554. The van der Waals surface area contributed by atoms with Gasteiger partial charge in [-0.2, -0.15) is 0 Å². The molecule has 3 fully saturated rings. The van der Waals surface area contributed by atoms with Gasteiger partial charge in [-0.1, -0.05) is 0 Å². The molecular formula is C14H26ClN3O2. The lowest BCUT2D eigenvalue weighted by Gasteiger charge is -2.38. The van der Waals surface area contributed by atoms with Crippen molar-refractivity contribution in [1.82, 2.24) is 9.80 Å². The van der Waals surface area contributed by atoms with Gasteiger partial charge in [-0.15, -0.1) is 11.6 Å². The Balaban J connectivity index is 1.80. The van der Waals surface area contributed by atoms with Crippen LogP contribution in [0.2, 0.25) is 0 Å². The van der Waals surface area contributed by atoms with Crippen LogP contribution in [-0.4, -0.2) is 66.2 Å². The van der Waals surface area contributed by atoms with Crippen molar-refractivity contribution >= 4 is 11.6 Å². The number of alkyl halides is 1. The number of nitrogens with two attached hydrogens (primary N) is 1. The lowest BCUT2D eigenvalue weighted by atomic mass is 9.69. The maximum atomic E-state index is 9.90. The Labute approximate surface area is 126 Å². The second-order valence-electron chi connectivity index (χ2n) is 6.75. The number of halogens is 1. The fourth-order valence-electron chi connectivity index (χ4n) is 4.75. The summed E-state index contributed by atoms with van der Waals surface area (Å²) in [6.07, 6.45) is 3.45. The average Bonchev–Trinajstić information content (AvgIpc) is 2.94. The van der Waals surface area contributed by atoms with E-state index in [4.69, 9.17) is 22.1 Å². The third kappa shape index (κ3) is 2.49. The maximum absolute atomic E-state index is 9.90. The normalized spacial score (nSPS) is 44.1. The molecule has 1 aliphatic carbocycles. The van der Waals surface area contributed by atoms with E-state index in [1.165, 1.54) is 0 Å². The van der Waals surface area contributed by atoms with Gasteiger partial charge < -0.3 is 9.84 Å². The van der Waals surface area contributed by atoms with Gasteiger partial charge in [-0.3, -0.25) is 15.5 Å². The van der Waals surface area contributed by atoms with Gasteiger partial charge in [0.15, 0.2) is 6.35 Å². The van der Waals surface area contributed by atoms with E-state index >= 15 is 0 Å². The maximum Gasteiger partial charge on any atom is 0.160 e. The molecular weight excluding hydrogens is 278 g/mol. The molecule has 5 unspecified atom stereocenters. The van der Waals surface area contributed by atoms with E-state index in [-0.39, 0.29) is 10.8 Å². The fourth-order valence-corrected chi connectivity index (χ4v) is 5.07. The number of fused-ring (bicyclic) bond motifs is 2. The summed E-state index contributed by atoms with van der Waals surface area (Å²) in [6, 6.07) is 0.396. The van der Waals surface area contributed by atoms with Gasteiger partial charge in [0.2, 0.25) is 0 Å². The van der Waals surface area contributed by atoms with Gasteiger partial charge in [0.25, 0.3) is 0 Å². The lowest BCUT2D eigenvalue weighted by Crippen LogP contribution is -2.47. The number of likely N-dealkylation sites (tertiary alicyclic amines) is 2. The molecule has 0 bridgehead atoms. The summed E-state index contributed by atoms with van der Waals surface area (Å²) in [4.78, 5) is 4.46. The minimum Gasteiger partial charge on any atom is -0.369 e. The van der Waals surface area contributed by atoms with Crippen LogP contribution in [0.15, 0.2) is 0 Å². The summed E-state index contributed by atoms with van der Waals surface area (Å²) < 4.78 is 5.27. The van der Waals surface area contributed by atoms with Crippen LogP contribution in [-0.2, 0) is 4.74 Å². The minimum atomic E-state index is -0.842. The first kappa shape index (κ1) is 15.0. The fraction of sp³-hybridized carbons (Fsp3) is 1.00. The molecule has 0 radical (unpaired) electrons. The zero-order valence-corrected chi connectivity index (χ0v) is 12.9. The lowest BCUT2D eigenvalue weighted by molar-refractivity contribution is -0.0133. The topological polar surface area (TPSA) is 62.0 Å². The van der Waals surface area contributed by atoms with Crippen LogP contribution in [0, 0.1) is 11.3 Å². The van der Waals surface area contributed by atoms with E-state index in [0.29, 0.717) is 18.7 Å². The number of ether oxygens (including phenoxy) is 1. The van der Waals surface area contributed by atoms with E-state index < -0.39 is 6.35 Å². The molecule has 1 spiro atoms. The summed E-state index contributed by atoms with van der Waals surface area (Å²) in [6.45, 7) is 3.69. The number of aliphatic hydroxyl groups excluding tert-OH is 1. The van der Waals surface area contributed by atoms with Crippen LogP contribution in [0.1, 0.15) is 25.7 Å². The van der Waals surface area contributed by atoms with Gasteiger partial charge in [0.05, 0.1) is 6.73 Å². The first-order chi connectivity index (χ1) is 9.55. The summed E-state index contributed by atoms with van der Waals surface area (Å²) in [5.41, 5.74) is 6.03. The van der Waals surface area contributed by atoms with Gasteiger partial charge >= 0.3 is 0 Å². The van der Waals surface area contributed by atoms with Crippen molar-refractivity contribution in [2.24, 2.45) is 17.1 Å².